The average molecular weight is 504 g/mol. The van der Waals surface area contributed by atoms with E-state index >= 15 is 0 Å². The van der Waals surface area contributed by atoms with Crippen LogP contribution in [0.4, 0.5) is 14.0 Å². The number of fused-ring (bicyclic) bond motifs is 1. The molecule has 2 heterocycles. The lowest BCUT2D eigenvalue weighted by atomic mass is 10.1. The maximum Gasteiger partial charge on any atom is 0.411 e. The van der Waals surface area contributed by atoms with Crippen molar-refractivity contribution in [1.82, 2.24) is 15.1 Å². The summed E-state index contributed by atoms with van der Waals surface area (Å²) in [5.41, 5.74) is -1.20. The molecule has 0 radical (unpaired) electrons. The molecule has 11 heteroatoms. The van der Waals surface area contributed by atoms with Crippen molar-refractivity contribution in [3.8, 4) is 0 Å². The van der Waals surface area contributed by atoms with Gasteiger partial charge in [-0.3, -0.25) is 14.6 Å². The van der Waals surface area contributed by atoms with E-state index in [-0.39, 0.29) is 32.5 Å². The fraction of sp³-hybridized carbons (Fsp3) is 0.520. The molecule has 2 N–H and O–H groups in total. The summed E-state index contributed by atoms with van der Waals surface area (Å²) < 4.78 is 25.1. The largest absolute Gasteiger partial charge is 0.479 e. The molecule has 4 rings (SSSR count). The molecule has 1 aromatic rings. The molecule has 1 aromatic carbocycles. The Bertz CT molecular complexity index is 1120. The summed E-state index contributed by atoms with van der Waals surface area (Å²) in [7, 11) is 0. The summed E-state index contributed by atoms with van der Waals surface area (Å²) in [5.74, 6) is -2.70. The molecule has 0 spiro atoms. The summed E-state index contributed by atoms with van der Waals surface area (Å²) in [4.78, 5) is 53.2. The first kappa shape index (κ1) is 25.5. The van der Waals surface area contributed by atoms with E-state index in [2.05, 4.69) is 11.9 Å². The monoisotopic (exact) mass is 503 g/mol. The summed E-state index contributed by atoms with van der Waals surface area (Å²) in [6.45, 7) is 8.76. The number of amides is 3. The number of benzene rings is 1. The van der Waals surface area contributed by atoms with Gasteiger partial charge in [0.2, 0.25) is 5.91 Å². The van der Waals surface area contributed by atoms with Crippen LogP contribution in [0.15, 0.2) is 30.9 Å². The van der Waals surface area contributed by atoms with Crippen molar-refractivity contribution in [3.05, 3.63) is 47.8 Å². The number of nitrogens with one attached hydrogen (secondary N) is 1. The fourth-order valence-electron chi connectivity index (χ4n) is 4.70. The van der Waals surface area contributed by atoms with E-state index in [1.165, 1.54) is 17.0 Å². The smallest absolute Gasteiger partial charge is 0.411 e. The molecule has 4 atom stereocenters. The van der Waals surface area contributed by atoms with Gasteiger partial charge in [0.25, 0.3) is 0 Å². The third kappa shape index (κ3) is 4.87. The van der Waals surface area contributed by atoms with Gasteiger partial charge in [-0.2, -0.15) is 0 Å². The normalized spacial score (nSPS) is 26.7. The first-order valence-corrected chi connectivity index (χ1v) is 11.7. The third-order valence-electron chi connectivity index (χ3n) is 6.67. The maximum absolute atomic E-state index is 14.1. The minimum atomic E-state index is -1.47. The number of likely N-dealkylation sites (tertiary alicyclic amines) is 1. The highest BCUT2D eigenvalue weighted by Gasteiger charge is 2.61. The number of carbonyl (C=O) groups excluding carboxylic acids is 3. The number of carboxylic acid groups (broad SMARTS) is 1. The molecular weight excluding hydrogens is 473 g/mol. The zero-order valence-corrected chi connectivity index (χ0v) is 20.5. The lowest BCUT2D eigenvalue weighted by molar-refractivity contribution is -0.144. The highest BCUT2D eigenvalue weighted by Crippen LogP contribution is 2.45. The van der Waals surface area contributed by atoms with Gasteiger partial charge in [0.15, 0.2) is 0 Å². The Labute approximate surface area is 208 Å². The topological polar surface area (TPSA) is 125 Å². The van der Waals surface area contributed by atoms with Crippen LogP contribution in [0.2, 0.25) is 0 Å². The molecule has 4 unspecified atom stereocenters. The van der Waals surface area contributed by atoms with Gasteiger partial charge < -0.3 is 19.9 Å². The Kier molecular flexibility index (Phi) is 6.44. The third-order valence-corrected chi connectivity index (χ3v) is 6.67. The number of nitrogens with zero attached hydrogens (tertiary/aromatic N) is 2. The van der Waals surface area contributed by atoms with Gasteiger partial charge in [0, 0.05) is 24.4 Å². The van der Waals surface area contributed by atoms with Crippen molar-refractivity contribution >= 4 is 24.1 Å². The minimum absolute atomic E-state index is 0.0412. The van der Waals surface area contributed by atoms with Crippen LogP contribution in [-0.2, 0) is 32.2 Å². The predicted molar refractivity (Wildman–Crippen MR) is 124 cm³/mol. The average Bonchev–Trinajstić information content (AvgIpc) is 3.12. The molecule has 3 aliphatic rings. The first-order valence-electron chi connectivity index (χ1n) is 11.7. The number of hydrogen-bond donors (Lipinski definition) is 2. The van der Waals surface area contributed by atoms with Gasteiger partial charge in [0.1, 0.15) is 29.1 Å². The van der Waals surface area contributed by atoms with Crippen molar-refractivity contribution in [2.75, 3.05) is 6.54 Å². The molecular formula is C25H30FN3O7. The summed E-state index contributed by atoms with van der Waals surface area (Å²) in [6, 6.07) is 3.53. The number of rotatable bonds is 5. The van der Waals surface area contributed by atoms with Crippen LogP contribution in [0.5, 0.6) is 0 Å². The van der Waals surface area contributed by atoms with E-state index in [1.54, 1.807) is 32.9 Å². The number of carboxylic acids is 1. The van der Waals surface area contributed by atoms with Crippen molar-refractivity contribution in [2.24, 2.45) is 5.92 Å². The Hall–Kier alpha value is -3.63. The summed E-state index contributed by atoms with van der Waals surface area (Å²) in [6.07, 6.45) is -0.698. The summed E-state index contributed by atoms with van der Waals surface area (Å²) in [5, 5.41) is 12.2. The predicted octanol–water partition coefficient (Wildman–Crippen LogP) is 2.80. The molecule has 1 aliphatic carbocycles. The molecule has 0 aromatic heterocycles. The summed E-state index contributed by atoms with van der Waals surface area (Å²) >= 11 is 0. The second-order valence-electron chi connectivity index (χ2n) is 10.4. The van der Waals surface area contributed by atoms with Crippen LogP contribution < -0.4 is 5.32 Å². The number of ether oxygens (including phenoxy) is 2. The molecule has 10 nitrogen and oxygen atoms in total. The molecule has 0 bridgehead atoms. The number of aliphatic carboxylic acids is 1. The number of hydrogen-bond acceptors (Lipinski definition) is 6. The van der Waals surface area contributed by atoms with Crippen LogP contribution in [0.1, 0.15) is 44.7 Å². The lowest BCUT2D eigenvalue weighted by Crippen LogP contribution is -2.53. The second-order valence-corrected chi connectivity index (χ2v) is 10.4. The zero-order valence-electron chi connectivity index (χ0n) is 20.5. The van der Waals surface area contributed by atoms with Crippen LogP contribution >= 0.6 is 0 Å². The lowest BCUT2D eigenvalue weighted by Gasteiger charge is -2.28. The SMILES string of the molecule is C=CC1CC1(NC(=O)C1CC(OC(=O)N2Cc3cccc(F)c3C2)CN1C(=O)OC(C)(C)C)C(=O)O. The molecule has 194 valence electrons. The Morgan fingerprint density at radius 3 is 2.53 bits per heavy atom. The Balaban J connectivity index is 1.47. The first-order chi connectivity index (χ1) is 16.8. The zero-order chi connectivity index (χ0) is 26.4. The van der Waals surface area contributed by atoms with Crippen LogP contribution in [0, 0.1) is 11.7 Å². The standard InChI is InChI=1S/C25H30FN3O7/c1-5-15-10-25(15,21(31)32)27-20(30)19-9-16(12-29(19)23(34)36-24(2,3)4)35-22(33)28-11-14-7-6-8-18(26)17(14)13-28/h5-8,15-16,19H,1,9-13H2,2-4H3,(H,27,30)(H,31,32). The van der Waals surface area contributed by atoms with Crippen molar-refractivity contribution in [2.45, 2.75) is 70.0 Å². The van der Waals surface area contributed by atoms with Gasteiger partial charge in [-0.05, 0) is 38.8 Å². The highest BCUT2D eigenvalue weighted by molar-refractivity contribution is 5.94. The van der Waals surface area contributed by atoms with Gasteiger partial charge in [-0.15, -0.1) is 6.58 Å². The van der Waals surface area contributed by atoms with Crippen LogP contribution in [0.3, 0.4) is 0 Å². The van der Waals surface area contributed by atoms with Crippen molar-refractivity contribution in [1.29, 1.82) is 0 Å². The number of halogens is 1. The van der Waals surface area contributed by atoms with E-state index in [0.29, 0.717) is 11.1 Å². The maximum atomic E-state index is 14.1. The molecule has 1 saturated carbocycles. The van der Waals surface area contributed by atoms with Crippen molar-refractivity contribution in [3.63, 3.8) is 0 Å². The van der Waals surface area contributed by atoms with Gasteiger partial charge in [0.05, 0.1) is 13.1 Å². The molecule has 3 amide bonds. The molecule has 1 saturated heterocycles. The van der Waals surface area contributed by atoms with E-state index in [4.69, 9.17) is 9.47 Å². The van der Waals surface area contributed by atoms with Crippen LogP contribution in [-0.4, -0.2) is 68.8 Å². The minimum Gasteiger partial charge on any atom is -0.479 e. The fourth-order valence-corrected chi connectivity index (χ4v) is 4.70. The second kappa shape index (κ2) is 9.11. The molecule has 2 aliphatic heterocycles. The van der Waals surface area contributed by atoms with Gasteiger partial charge >= 0.3 is 18.2 Å². The van der Waals surface area contributed by atoms with E-state index in [0.717, 1.165) is 4.90 Å². The Morgan fingerprint density at radius 2 is 1.94 bits per heavy atom. The van der Waals surface area contributed by atoms with Crippen LogP contribution in [0.25, 0.3) is 0 Å². The number of carbonyl (C=O) groups is 4. The molecule has 36 heavy (non-hydrogen) atoms. The van der Waals surface area contributed by atoms with E-state index < -0.39 is 59.1 Å². The van der Waals surface area contributed by atoms with E-state index in [1.807, 2.05) is 0 Å². The van der Waals surface area contributed by atoms with Gasteiger partial charge in [-0.1, -0.05) is 18.2 Å². The quantitative estimate of drug-likeness (QED) is 0.592. The molecule has 2 fully saturated rings. The van der Waals surface area contributed by atoms with Gasteiger partial charge in [-0.25, -0.2) is 18.8 Å². The highest BCUT2D eigenvalue weighted by atomic mass is 19.1. The van der Waals surface area contributed by atoms with E-state index in [9.17, 15) is 28.7 Å². The van der Waals surface area contributed by atoms with Crippen molar-refractivity contribution < 1.29 is 38.1 Å². The Morgan fingerprint density at radius 1 is 1.22 bits per heavy atom.